The van der Waals surface area contributed by atoms with Gasteiger partial charge >= 0.3 is 0 Å². The van der Waals surface area contributed by atoms with Crippen LogP contribution in [0.2, 0.25) is 5.02 Å². The summed E-state index contributed by atoms with van der Waals surface area (Å²) in [6, 6.07) is 17.8. The molecule has 3 aromatic heterocycles. The van der Waals surface area contributed by atoms with Crippen LogP contribution in [0.1, 0.15) is 29.3 Å². The first-order chi connectivity index (χ1) is 15.6. The summed E-state index contributed by atoms with van der Waals surface area (Å²) >= 11 is 6.05. The van der Waals surface area contributed by atoms with E-state index in [0.717, 1.165) is 11.2 Å². The standard InChI is InChI=1S/C22H17ClN8O/c1-13(25-22(32)18-12-24-16-7-2-3-8-17(16)27-18)21-29-28-20-10-9-19(30-31(20)21)26-15-6-4-5-14(23)11-15/h2-13H,1H3,(H,25,32)(H,26,30)/t13-/m1/s1. The molecule has 158 valence electrons. The smallest absolute Gasteiger partial charge is 0.272 e. The minimum absolute atomic E-state index is 0.223. The molecule has 2 aromatic carbocycles. The summed E-state index contributed by atoms with van der Waals surface area (Å²) in [5, 5.41) is 19.6. The van der Waals surface area contributed by atoms with Gasteiger partial charge in [-0.1, -0.05) is 29.8 Å². The molecule has 0 saturated heterocycles. The summed E-state index contributed by atoms with van der Waals surface area (Å²) in [5.41, 5.74) is 2.96. The molecule has 1 amide bonds. The zero-order chi connectivity index (χ0) is 22.1. The maximum atomic E-state index is 12.8. The highest BCUT2D eigenvalue weighted by Crippen LogP contribution is 2.20. The van der Waals surface area contributed by atoms with Gasteiger partial charge in [-0.3, -0.25) is 9.78 Å². The third-order valence-electron chi connectivity index (χ3n) is 4.80. The largest absolute Gasteiger partial charge is 0.341 e. The molecule has 0 radical (unpaired) electrons. The first-order valence-corrected chi connectivity index (χ1v) is 10.2. The average Bonchev–Trinajstić information content (AvgIpc) is 3.22. The molecule has 0 aliphatic rings. The number of carbonyl (C=O) groups excluding carboxylic acids is 1. The average molecular weight is 445 g/mol. The molecule has 5 rings (SSSR count). The molecule has 0 bridgehead atoms. The second kappa shape index (κ2) is 8.20. The monoisotopic (exact) mass is 444 g/mol. The summed E-state index contributed by atoms with van der Waals surface area (Å²) in [4.78, 5) is 21.4. The number of halogens is 1. The Morgan fingerprint density at radius 2 is 1.88 bits per heavy atom. The maximum Gasteiger partial charge on any atom is 0.272 e. The van der Waals surface area contributed by atoms with E-state index in [-0.39, 0.29) is 11.6 Å². The van der Waals surface area contributed by atoms with E-state index in [4.69, 9.17) is 11.6 Å². The van der Waals surface area contributed by atoms with Crippen LogP contribution in [-0.4, -0.2) is 35.7 Å². The van der Waals surface area contributed by atoms with Crippen molar-refractivity contribution in [2.24, 2.45) is 0 Å². The predicted molar refractivity (Wildman–Crippen MR) is 121 cm³/mol. The van der Waals surface area contributed by atoms with Crippen molar-refractivity contribution in [1.82, 2.24) is 35.1 Å². The molecule has 10 heteroatoms. The molecule has 0 aliphatic carbocycles. The zero-order valence-corrected chi connectivity index (χ0v) is 17.7. The molecule has 9 nitrogen and oxygen atoms in total. The molecular weight excluding hydrogens is 428 g/mol. The van der Waals surface area contributed by atoms with Crippen LogP contribution in [0.3, 0.4) is 0 Å². The Morgan fingerprint density at radius 3 is 2.72 bits per heavy atom. The number of hydrogen-bond donors (Lipinski definition) is 2. The van der Waals surface area contributed by atoms with Crippen LogP contribution < -0.4 is 10.6 Å². The van der Waals surface area contributed by atoms with Crippen LogP contribution >= 0.6 is 11.6 Å². The fourth-order valence-electron chi connectivity index (χ4n) is 3.26. The summed E-state index contributed by atoms with van der Waals surface area (Å²) in [7, 11) is 0. The summed E-state index contributed by atoms with van der Waals surface area (Å²) in [6.45, 7) is 1.81. The number of fused-ring (bicyclic) bond motifs is 2. The van der Waals surface area contributed by atoms with E-state index >= 15 is 0 Å². The molecule has 0 aliphatic heterocycles. The van der Waals surface area contributed by atoms with E-state index in [1.54, 1.807) is 28.8 Å². The number of nitrogens with one attached hydrogen (secondary N) is 2. The van der Waals surface area contributed by atoms with E-state index in [0.29, 0.717) is 27.8 Å². The van der Waals surface area contributed by atoms with Gasteiger partial charge in [-0.15, -0.1) is 15.3 Å². The number of amides is 1. The summed E-state index contributed by atoms with van der Waals surface area (Å²) in [5.74, 6) is 0.706. The minimum atomic E-state index is -0.473. The quantitative estimate of drug-likeness (QED) is 0.422. The van der Waals surface area contributed by atoms with Crippen LogP contribution in [0.4, 0.5) is 11.5 Å². The highest BCUT2D eigenvalue weighted by molar-refractivity contribution is 6.30. The summed E-state index contributed by atoms with van der Waals surface area (Å²) < 4.78 is 1.59. The van der Waals surface area contributed by atoms with Crippen LogP contribution in [0.25, 0.3) is 16.7 Å². The van der Waals surface area contributed by atoms with Gasteiger partial charge in [0.15, 0.2) is 17.3 Å². The zero-order valence-electron chi connectivity index (χ0n) is 16.9. The molecule has 5 aromatic rings. The van der Waals surface area contributed by atoms with Crippen molar-refractivity contribution in [3.8, 4) is 0 Å². The molecule has 3 heterocycles. The van der Waals surface area contributed by atoms with E-state index in [1.165, 1.54) is 6.20 Å². The SMILES string of the molecule is C[C@@H](NC(=O)c1cnc2ccccc2n1)c1nnc2ccc(Nc3cccc(Cl)c3)nn12. The lowest BCUT2D eigenvalue weighted by Gasteiger charge is -2.12. The topological polar surface area (TPSA) is 110 Å². The Labute approximate surface area is 187 Å². The third kappa shape index (κ3) is 3.93. The number of hydrogen-bond acceptors (Lipinski definition) is 7. The fourth-order valence-corrected chi connectivity index (χ4v) is 3.45. The van der Waals surface area contributed by atoms with Crippen LogP contribution in [-0.2, 0) is 0 Å². The Balaban J connectivity index is 1.38. The lowest BCUT2D eigenvalue weighted by atomic mass is 10.2. The van der Waals surface area contributed by atoms with Gasteiger partial charge in [0, 0.05) is 10.7 Å². The molecule has 1 atom stereocenters. The molecule has 0 spiro atoms. The Morgan fingerprint density at radius 1 is 1.03 bits per heavy atom. The lowest BCUT2D eigenvalue weighted by molar-refractivity contribution is 0.0933. The Bertz CT molecular complexity index is 1450. The van der Waals surface area contributed by atoms with Crippen molar-refractivity contribution in [2.75, 3.05) is 5.32 Å². The van der Waals surface area contributed by atoms with E-state index in [1.807, 2.05) is 43.3 Å². The minimum Gasteiger partial charge on any atom is -0.341 e. The Hall–Kier alpha value is -4.11. The number of para-hydroxylation sites is 2. The second-order valence-corrected chi connectivity index (χ2v) is 7.56. The number of anilines is 2. The van der Waals surface area contributed by atoms with Gasteiger partial charge in [0.2, 0.25) is 0 Å². The first kappa shape index (κ1) is 19.8. The molecule has 32 heavy (non-hydrogen) atoms. The van der Waals surface area contributed by atoms with Crippen molar-refractivity contribution in [3.05, 3.63) is 83.4 Å². The van der Waals surface area contributed by atoms with E-state index in [9.17, 15) is 4.79 Å². The molecular formula is C22H17ClN8O. The van der Waals surface area contributed by atoms with Gasteiger partial charge in [0.25, 0.3) is 5.91 Å². The molecule has 0 fully saturated rings. The first-order valence-electron chi connectivity index (χ1n) is 9.84. The third-order valence-corrected chi connectivity index (χ3v) is 5.04. The number of aromatic nitrogens is 6. The number of benzene rings is 2. The number of nitrogens with zero attached hydrogens (tertiary/aromatic N) is 6. The highest BCUT2D eigenvalue weighted by atomic mass is 35.5. The molecule has 0 saturated carbocycles. The van der Waals surface area contributed by atoms with Gasteiger partial charge in [-0.2, -0.15) is 4.52 Å². The van der Waals surface area contributed by atoms with Crippen LogP contribution in [0.15, 0.2) is 66.9 Å². The van der Waals surface area contributed by atoms with Crippen molar-refractivity contribution in [3.63, 3.8) is 0 Å². The molecule has 0 unspecified atom stereocenters. The van der Waals surface area contributed by atoms with Gasteiger partial charge in [0.1, 0.15) is 5.69 Å². The van der Waals surface area contributed by atoms with Crippen molar-refractivity contribution >= 4 is 45.7 Å². The van der Waals surface area contributed by atoms with E-state index in [2.05, 4.69) is 35.9 Å². The van der Waals surface area contributed by atoms with Gasteiger partial charge in [-0.25, -0.2) is 4.98 Å². The fraction of sp³-hybridized carbons (Fsp3) is 0.0909. The van der Waals surface area contributed by atoms with Gasteiger partial charge in [0.05, 0.1) is 23.3 Å². The van der Waals surface area contributed by atoms with Crippen molar-refractivity contribution in [2.45, 2.75) is 13.0 Å². The molecule has 2 N–H and O–H groups in total. The van der Waals surface area contributed by atoms with E-state index < -0.39 is 6.04 Å². The second-order valence-electron chi connectivity index (χ2n) is 7.12. The number of rotatable bonds is 5. The van der Waals surface area contributed by atoms with Crippen molar-refractivity contribution in [1.29, 1.82) is 0 Å². The summed E-state index contributed by atoms with van der Waals surface area (Å²) in [6.07, 6.45) is 1.46. The maximum absolute atomic E-state index is 12.8. The number of carbonyl (C=O) groups is 1. The lowest BCUT2D eigenvalue weighted by Crippen LogP contribution is -2.29. The van der Waals surface area contributed by atoms with Gasteiger partial charge < -0.3 is 10.6 Å². The predicted octanol–water partition coefficient (Wildman–Crippen LogP) is 3.96. The highest BCUT2D eigenvalue weighted by Gasteiger charge is 2.19. The Kier molecular flexibility index (Phi) is 5.08. The van der Waals surface area contributed by atoms with Crippen LogP contribution in [0, 0.1) is 0 Å². The van der Waals surface area contributed by atoms with Gasteiger partial charge in [-0.05, 0) is 49.4 Å². The normalized spacial score (nSPS) is 12.1. The van der Waals surface area contributed by atoms with Crippen LogP contribution in [0.5, 0.6) is 0 Å². The van der Waals surface area contributed by atoms with Crippen molar-refractivity contribution < 1.29 is 4.79 Å².